The minimum atomic E-state index is -3.36. The molecule has 2 N–H and O–H groups in total. The van der Waals surface area contributed by atoms with Gasteiger partial charge < -0.3 is 10.1 Å². The number of nitrogens with one attached hydrogen (secondary N) is 2. The van der Waals surface area contributed by atoms with E-state index in [0.717, 1.165) is 11.3 Å². The van der Waals surface area contributed by atoms with E-state index in [1.807, 2.05) is 42.5 Å². The molecule has 3 aromatic rings. The first-order valence-corrected chi connectivity index (χ1v) is 11.6. The van der Waals surface area contributed by atoms with Crippen LogP contribution in [0.2, 0.25) is 0 Å². The van der Waals surface area contributed by atoms with E-state index in [9.17, 15) is 13.2 Å². The molecule has 6 nitrogen and oxygen atoms in total. The van der Waals surface area contributed by atoms with Crippen LogP contribution in [0.15, 0.2) is 78.9 Å². The lowest BCUT2D eigenvalue weighted by Gasteiger charge is -2.10. The fourth-order valence-corrected chi connectivity index (χ4v) is 4.39. The van der Waals surface area contributed by atoms with E-state index in [0.29, 0.717) is 23.4 Å². The van der Waals surface area contributed by atoms with Gasteiger partial charge in [-0.3, -0.25) is 4.79 Å². The topological polar surface area (TPSA) is 84.5 Å². The fraction of sp³-hybridized carbons (Fsp3) is 0.208. The van der Waals surface area contributed by atoms with Crippen molar-refractivity contribution in [2.24, 2.45) is 0 Å². The van der Waals surface area contributed by atoms with Crippen LogP contribution >= 0.6 is 0 Å². The van der Waals surface area contributed by atoms with E-state index in [4.69, 9.17) is 4.74 Å². The largest absolute Gasteiger partial charge is 0.457 e. The Bertz CT molecular complexity index is 1090. The quantitative estimate of drug-likeness (QED) is 0.523. The molecule has 0 saturated carbocycles. The van der Waals surface area contributed by atoms with Gasteiger partial charge in [0.1, 0.15) is 11.5 Å². The molecule has 0 aromatic heterocycles. The van der Waals surface area contributed by atoms with Crippen molar-refractivity contribution in [3.8, 4) is 11.5 Å². The summed E-state index contributed by atoms with van der Waals surface area (Å²) in [6.07, 6.45) is 0. The molecule has 0 aliphatic rings. The summed E-state index contributed by atoms with van der Waals surface area (Å²) in [7, 11) is -3.36. The van der Waals surface area contributed by atoms with Gasteiger partial charge in [-0.25, -0.2) is 13.1 Å². The Morgan fingerprint density at radius 1 is 0.839 bits per heavy atom. The second kappa shape index (κ2) is 10.2. The van der Waals surface area contributed by atoms with E-state index in [2.05, 4.69) is 10.0 Å². The lowest BCUT2D eigenvalue weighted by Crippen LogP contribution is -2.31. The Morgan fingerprint density at radius 3 is 2.03 bits per heavy atom. The normalized spacial score (nSPS) is 11.3. The minimum absolute atomic E-state index is 0.0742. The monoisotopic (exact) mass is 438 g/mol. The number of benzene rings is 3. The van der Waals surface area contributed by atoms with Crippen LogP contribution in [0.3, 0.4) is 0 Å². The maximum Gasteiger partial charge on any atom is 0.251 e. The lowest BCUT2D eigenvalue weighted by molar-refractivity contribution is 0.0951. The number of amides is 1. The third kappa shape index (κ3) is 7.24. The summed E-state index contributed by atoms with van der Waals surface area (Å²) in [6.45, 7) is 3.92. The summed E-state index contributed by atoms with van der Waals surface area (Å²) in [4.78, 5) is 12.4. The highest BCUT2D eigenvalue weighted by molar-refractivity contribution is 7.88. The Morgan fingerprint density at radius 2 is 1.42 bits per heavy atom. The van der Waals surface area contributed by atoms with Gasteiger partial charge in [0, 0.05) is 18.2 Å². The molecule has 0 fully saturated rings. The summed E-state index contributed by atoms with van der Waals surface area (Å²) >= 11 is 0. The number of rotatable bonds is 9. The van der Waals surface area contributed by atoms with Crippen LogP contribution in [0, 0.1) is 0 Å². The van der Waals surface area contributed by atoms with Gasteiger partial charge in [-0.15, -0.1) is 0 Å². The third-order valence-corrected chi connectivity index (χ3v) is 5.89. The van der Waals surface area contributed by atoms with Gasteiger partial charge in [-0.05, 0) is 61.4 Å². The van der Waals surface area contributed by atoms with Crippen molar-refractivity contribution >= 4 is 15.9 Å². The van der Waals surface area contributed by atoms with Crippen LogP contribution in [-0.2, 0) is 22.3 Å². The standard InChI is InChI=1S/C24H26N2O4S/c1-18(2)26-31(28,29)17-20-10-8-19(9-11-20)16-25-24(27)21-12-14-23(15-13-21)30-22-6-4-3-5-7-22/h3-15,18,26H,16-17H2,1-2H3,(H,25,27). The molecule has 0 radical (unpaired) electrons. The van der Waals surface area contributed by atoms with Gasteiger partial charge >= 0.3 is 0 Å². The molecule has 0 saturated heterocycles. The van der Waals surface area contributed by atoms with E-state index >= 15 is 0 Å². The molecule has 0 heterocycles. The number of ether oxygens (including phenoxy) is 1. The molecule has 7 heteroatoms. The Labute approximate surface area is 183 Å². The maximum absolute atomic E-state index is 12.4. The molecule has 0 bridgehead atoms. The average Bonchev–Trinajstić information content (AvgIpc) is 2.73. The zero-order valence-corrected chi connectivity index (χ0v) is 18.4. The summed E-state index contributed by atoms with van der Waals surface area (Å²) < 4.78 is 32.3. The SMILES string of the molecule is CC(C)NS(=O)(=O)Cc1ccc(CNC(=O)c2ccc(Oc3ccccc3)cc2)cc1. The van der Waals surface area contributed by atoms with E-state index in [1.165, 1.54) is 0 Å². The number of carbonyl (C=O) groups excluding carboxylic acids is 1. The van der Waals surface area contributed by atoms with Crippen molar-refractivity contribution in [1.82, 2.24) is 10.0 Å². The van der Waals surface area contributed by atoms with Crippen LogP contribution in [-0.4, -0.2) is 20.4 Å². The fourth-order valence-electron chi connectivity index (χ4n) is 2.96. The van der Waals surface area contributed by atoms with Crippen molar-refractivity contribution in [2.45, 2.75) is 32.2 Å². The lowest BCUT2D eigenvalue weighted by atomic mass is 10.1. The zero-order valence-electron chi connectivity index (χ0n) is 17.5. The van der Waals surface area contributed by atoms with Crippen molar-refractivity contribution in [3.63, 3.8) is 0 Å². The van der Waals surface area contributed by atoms with Gasteiger partial charge in [0.25, 0.3) is 5.91 Å². The van der Waals surface area contributed by atoms with Gasteiger partial charge in [0.15, 0.2) is 0 Å². The van der Waals surface area contributed by atoms with E-state index in [-0.39, 0.29) is 17.7 Å². The first-order chi connectivity index (χ1) is 14.8. The smallest absolute Gasteiger partial charge is 0.251 e. The summed E-state index contributed by atoms with van der Waals surface area (Å²) in [5.41, 5.74) is 2.11. The van der Waals surface area contributed by atoms with Crippen molar-refractivity contribution in [3.05, 3.63) is 95.6 Å². The number of sulfonamides is 1. The molecule has 31 heavy (non-hydrogen) atoms. The highest BCUT2D eigenvalue weighted by Crippen LogP contribution is 2.21. The third-order valence-electron chi connectivity index (χ3n) is 4.34. The summed E-state index contributed by atoms with van der Waals surface area (Å²) in [5.74, 6) is 1.12. The molecule has 0 unspecified atom stereocenters. The molecular formula is C24H26N2O4S. The number of para-hydroxylation sites is 1. The number of hydrogen-bond donors (Lipinski definition) is 2. The van der Waals surface area contributed by atoms with Crippen molar-refractivity contribution in [2.75, 3.05) is 0 Å². The zero-order chi connectivity index (χ0) is 22.3. The van der Waals surface area contributed by atoms with Crippen LogP contribution in [0.4, 0.5) is 0 Å². The van der Waals surface area contributed by atoms with Gasteiger partial charge in [0.05, 0.1) is 5.75 Å². The van der Waals surface area contributed by atoms with Crippen molar-refractivity contribution in [1.29, 1.82) is 0 Å². The predicted molar refractivity (Wildman–Crippen MR) is 121 cm³/mol. The average molecular weight is 439 g/mol. The minimum Gasteiger partial charge on any atom is -0.457 e. The molecule has 0 aliphatic heterocycles. The summed E-state index contributed by atoms with van der Waals surface area (Å²) in [5, 5.41) is 2.87. The molecule has 3 aromatic carbocycles. The highest BCUT2D eigenvalue weighted by Gasteiger charge is 2.13. The number of carbonyl (C=O) groups is 1. The first kappa shape index (κ1) is 22.5. The second-order valence-electron chi connectivity index (χ2n) is 7.47. The van der Waals surface area contributed by atoms with Crippen LogP contribution in [0.1, 0.15) is 35.3 Å². The Kier molecular flexibility index (Phi) is 7.44. The molecule has 1 amide bonds. The second-order valence-corrected chi connectivity index (χ2v) is 9.22. The molecule has 0 aliphatic carbocycles. The highest BCUT2D eigenvalue weighted by atomic mass is 32.2. The van der Waals surface area contributed by atoms with Gasteiger partial charge in [0.2, 0.25) is 10.0 Å². The summed E-state index contributed by atoms with van der Waals surface area (Å²) in [6, 6.07) is 23.4. The van der Waals surface area contributed by atoms with Crippen LogP contribution < -0.4 is 14.8 Å². The molecule has 0 spiro atoms. The Balaban J connectivity index is 1.52. The Hall–Kier alpha value is -3.16. The predicted octanol–water partition coefficient (Wildman–Crippen LogP) is 4.24. The van der Waals surface area contributed by atoms with E-state index < -0.39 is 10.0 Å². The van der Waals surface area contributed by atoms with Crippen LogP contribution in [0.25, 0.3) is 0 Å². The van der Waals surface area contributed by atoms with Gasteiger partial charge in [-0.1, -0.05) is 42.5 Å². The molecular weight excluding hydrogens is 412 g/mol. The van der Waals surface area contributed by atoms with E-state index in [1.54, 1.807) is 50.2 Å². The van der Waals surface area contributed by atoms with Gasteiger partial charge in [-0.2, -0.15) is 0 Å². The molecule has 162 valence electrons. The molecule has 0 atom stereocenters. The van der Waals surface area contributed by atoms with Crippen molar-refractivity contribution < 1.29 is 17.9 Å². The molecule has 3 rings (SSSR count). The maximum atomic E-state index is 12.4. The number of hydrogen-bond acceptors (Lipinski definition) is 4. The first-order valence-electron chi connectivity index (χ1n) is 10.00. The van der Waals surface area contributed by atoms with Crippen LogP contribution in [0.5, 0.6) is 11.5 Å².